The van der Waals surface area contributed by atoms with Gasteiger partial charge in [-0.1, -0.05) is 12.8 Å². The van der Waals surface area contributed by atoms with Gasteiger partial charge in [-0.05, 0) is 32.6 Å². The van der Waals surface area contributed by atoms with Crippen LogP contribution >= 0.6 is 0 Å². The maximum absolute atomic E-state index is 12.7. The van der Waals surface area contributed by atoms with Crippen LogP contribution in [0.2, 0.25) is 0 Å². The number of methoxy groups -OCH3 is 1. The Morgan fingerprint density at radius 1 is 1.26 bits per heavy atom. The van der Waals surface area contributed by atoms with Crippen molar-refractivity contribution >= 4 is 11.9 Å². The molecule has 0 aromatic rings. The number of aliphatic imine (C=N–C) groups is 1. The summed E-state index contributed by atoms with van der Waals surface area (Å²) < 4.78 is 5.18. The van der Waals surface area contributed by atoms with E-state index in [2.05, 4.69) is 22.5 Å². The second kappa shape index (κ2) is 10.9. The highest BCUT2D eigenvalue weighted by Crippen LogP contribution is 2.39. The molecule has 1 aliphatic carbocycles. The molecule has 1 saturated heterocycles. The van der Waals surface area contributed by atoms with E-state index in [9.17, 15) is 4.79 Å². The van der Waals surface area contributed by atoms with Crippen molar-refractivity contribution in [3.63, 3.8) is 0 Å². The molecule has 7 heteroatoms. The Labute approximate surface area is 164 Å². The number of hydrogen-bond donors (Lipinski definition) is 2. The van der Waals surface area contributed by atoms with E-state index in [1.54, 1.807) is 12.0 Å². The molecular weight excluding hydrogens is 342 g/mol. The third kappa shape index (κ3) is 6.35. The van der Waals surface area contributed by atoms with Crippen molar-refractivity contribution in [2.24, 2.45) is 10.4 Å². The standard InChI is InChI=1S/C20H39N5O2/c1-5-21-19(23-17-8-12-25(13-9-17)14-15-27-4)22-16-20(10-6-7-11-20)18(26)24(2)3/h17H,5-16H2,1-4H3,(H2,21,22,23). The van der Waals surface area contributed by atoms with Crippen LogP contribution in [0, 0.1) is 5.41 Å². The van der Waals surface area contributed by atoms with E-state index < -0.39 is 0 Å². The average Bonchev–Trinajstić information content (AvgIpc) is 3.15. The molecule has 2 aliphatic rings. The van der Waals surface area contributed by atoms with Gasteiger partial charge in [0.1, 0.15) is 0 Å². The van der Waals surface area contributed by atoms with E-state index in [0.29, 0.717) is 12.6 Å². The van der Waals surface area contributed by atoms with Crippen LogP contribution in [0.25, 0.3) is 0 Å². The molecule has 7 nitrogen and oxygen atoms in total. The third-order valence-electron chi connectivity index (χ3n) is 5.84. The SMILES string of the molecule is CCNC(=NCC1(C(=O)N(C)C)CCCC1)NC1CCN(CCOC)CC1. The van der Waals surface area contributed by atoms with Gasteiger partial charge in [-0.3, -0.25) is 9.79 Å². The van der Waals surface area contributed by atoms with Crippen molar-refractivity contribution in [1.29, 1.82) is 0 Å². The number of ether oxygens (including phenoxy) is 1. The molecule has 27 heavy (non-hydrogen) atoms. The predicted molar refractivity (Wildman–Crippen MR) is 110 cm³/mol. The summed E-state index contributed by atoms with van der Waals surface area (Å²) >= 11 is 0. The van der Waals surface area contributed by atoms with E-state index in [0.717, 1.165) is 77.3 Å². The number of piperidine rings is 1. The number of carbonyl (C=O) groups excluding carboxylic acids is 1. The maximum Gasteiger partial charge on any atom is 0.230 e. The van der Waals surface area contributed by atoms with Crippen LogP contribution in [0.5, 0.6) is 0 Å². The van der Waals surface area contributed by atoms with Crippen molar-refractivity contribution in [2.45, 2.75) is 51.5 Å². The molecule has 0 spiro atoms. The third-order valence-corrected chi connectivity index (χ3v) is 5.84. The van der Waals surface area contributed by atoms with Gasteiger partial charge >= 0.3 is 0 Å². The quantitative estimate of drug-likeness (QED) is 0.490. The fraction of sp³-hybridized carbons (Fsp3) is 0.900. The minimum absolute atomic E-state index is 0.228. The van der Waals surface area contributed by atoms with Crippen molar-refractivity contribution in [1.82, 2.24) is 20.4 Å². The summed E-state index contributed by atoms with van der Waals surface area (Å²) in [6, 6.07) is 0.436. The zero-order valence-electron chi connectivity index (χ0n) is 17.7. The fourth-order valence-electron chi connectivity index (χ4n) is 4.23. The predicted octanol–water partition coefficient (Wildman–Crippen LogP) is 1.30. The number of nitrogens with one attached hydrogen (secondary N) is 2. The Kier molecular flexibility index (Phi) is 8.83. The molecule has 1 saturated carbocycles. The number of hydrogen-bond acceptors (Lipinski definition) is 4. The van der Waals surface area contributed by atoms with Crippen LogP contribution in [0.3, 0.4) is 0 Å². The topological polar surface area (TPSA) is 69.2 Å². The normalized spacial score (nSPS) is 21.3. The number of likely N-dealkylation sites (tertiary alicyclic amines) is 1. The van der Waals surface area contributed by atoms with E-state index in [-0.39, 0.29) is 11.3 Å². The first-order chi connectivity index (χ1) is 13.0. The maximum atomic E-state index is 12.7. The number of nitrogens with zero attached hydrogens (tertiary/aromatic N) is 3. The second-order valence-electron chi connectivity index (χ2n) is 8.14. The molecule has 0 unspecified atom stereocenters. The first-order valence-electron chi connectivity index (χ1n) is 10.5. The van der Waals surface area contributed by atoms with Gasteiger partial charge in [-0.2, -0.15) is 0 Å². The summed E-state index contributed by atoms with van der Waals surface area (Å²) in [5.74, 6) is 1.08. The highest BCUT2D eigenvalue weighted by Gasteiger charge is 2.42. The van der Waals surface area contributed by atoms with Crippen molar-refractivity contribution in [2.75, 3.05) is 60.5 Å². The number of guanidine groups is 1. The Bertz CT molecular complexity index is 481. The molecule has 0 radical (unpaired) electrons. The average molecular weight is 382 g/mol. The summed E-state index contributed by atoms with van der Waals surface area (Å²) in [5.41, 5.74) is -0.310. The molecule has 156 valence electrons. The highest BCUT2D eigenvalue weighted by atomic mass is 16.5. The molecule has 2 fully saturated rings. The Balaban J connectivity index is 1.93. The van der Waals surface area contributed by atoms with Gasteiger partial charge in [0.25, 0.3) is 0 Å². The molecule has 1 aliphatic heterocycles. The highest BCUT2D eigenvalue weighted by molar-refractivity contribution is 5.84. The molecule has 0 aromatic carbocycles. The second-order valence-corrected chi connectivity index (χ2v) is 8.14. The first kappa shape index (κ1) is 22.0. The summed E-state index contributed by atoms with van der Waals surface area (Å²) in [6.07, 6.45) is 6.36. The number of carbonyl (C=O) groups is 1. The van der Waals surface area contributed by atoms with Crippen LogP contribution in [0.4, 0.5) is 0 Å². The summed E-state index contributed by atoms with van der Waals surface area (Å²) in [7, 11) is 5.46. The van der Waals surface area contributed by atoms with Crippen LogP contribution < -0.4 is 10.6 Å². The lowest BCUT2D eigenvalue weighted by atomic mass is 9.85. The van der Waals surface area contributed by atoms with E-state index in [4.69, 9.17) is 9.73 Å². The van der Waals surface area contributed by atoms with Crippen molar-refractivity contribution in [3.8, 4) is 0 Å². The minimum Gasteiger partial charge on any atom is -0.383 e. The first-order valence-corrected chi connectivity index (χ1v) is 10.5. The van der Waals surface area contributed by atoms with Gasteiger partial charge in [-0.15, -0.1) is 0 Å². The van der Waals surface area contributed by atoms with Gasteiger partial charge < -0.3 is 25.2 Å². The molecule has 1 heterocycles. The Morgan fingerprint density at radius 3 is 2.48 bits per heavy atom. The van der Waals surface area contributed by atoms with Gasteiger partial charge in [0.2, 0.25) is 5.91 Å². The number of amides is 1. The molecule has 0 aromatic heterocycles. The smallest absolute Gasteiger partial charge is 0.230 e. The van der Waals surface area contributed by atoms with Crippen molar-refractivity contribution < 1.29 is 9.53 Å². The van der Waals surface area contributed by atoms with Crippen LogP contribution in [-0.2, 0) is 9.53 Å². The molecular formula is C20H39N5O2. The minimum atomic E-state index is -0.310. The van der Waals surface area contributed by atoms with Crippen LogP contribution in [-0.4, -0.2) is 88.2 Å². The van der Waals surface area contributed by atoms with Gasteiger partial charge in [-0.25, -0.2) is 0 Å². The molecule has 1 amide bonds. The molecule has 0 bridgehead atoms. The number of rotatable bonds is 8. The zero-order chi connectivity index (χ0) is 19.7. The summed E-state index contributed by atoms with van der Waals surface area (Å²) in [4.78, 5) is 21.8. The van der Waals surface area contributed by atoms with E-state index in [1.165, 1.54) is 0 Å². The van der Waals surface area contributed by atoms with Crippen LogP contribution in [0.15, 0.2) is 4.99 Å². The fourth-order valence-corrected chi connectivity index (χ4v) is 4.23. The van der Waals surface area contributed by atoms with Crippen LogP contribution in [0.1, 0.15) is 45.4 Å². The summed E-state index contributed by atoms with van der Waals surface area (Å²) in [6.45, 7) is 7.46. The lowest BCUT2D eigenvalue weighted by Gasteiger charge is -2.33. The van der Waals surface area contributed by atoms with Crippen molar-refractivity contribution in [3.05, 3.63) is 0 Å². The van der Waals surface area contributed by atoms with Gasteiger partial charge in [0, 0.05) is 53.4 Å². The van der Waals surface area contributed by atoms with Gasteiger partial charge in [0.15, 0.2) is 5.96 Å². The molecule has 2 N–H and O–H groups in total. The Hall–Kier alpha value is -1.34. The molecule has 0 atom stereocenters. The zero-order valence-corrected chi connectivity index (χ0v) is 17.7. The molecule has 2 rings (SSSR count). The Morgan fingerprint density at radius 2 is 1.93 bits per heavy atom. The van der Waals surface area contributed by atoms with E-state index in [1.807, 2.05) is 14.1 Å². The summed E-state index contributed by atoms with van der Waals surface area (Å²) in [5, 5.41) is 6.96. The largest absolute Gasteiger partial charge is 0.383 e. The van der Waals surface area contributed by atoms with E-state index >= 15 is 0 Å². The lowest BCUT2D eigenvalue weighted by Crippen LogP contribution is -2.49. The lowest BCUT2D eigenvalue weighted by molar-refractivity contribution is -0.138. The monoisotopic (exact) mass is 381 g/mol. The van der Waals surface area contributed by atoms with Gasteiger partial charge in [0.05, 0.1) is 18.6 Å².